The first kappa shape index (κ1) is 25.9. The molecule has 8 heteroatoms. The Morgan fingerprint density at radius 3 is 2.51 bits per heavy atom. The molecule has 2 saturated carbocycles. The zero-order chi connectivity index (χ0) is 27.3. The van der Waals surface area contributed by atoms with E-state index < -0.39 is 30.0 Å². The van der Waals surface area contributed by atoms with Crippen LogP contribution < -0.4 is 5.32 Å². The van der Waals surface area contributed by atoms with Gasteiger partial charge in [-0.15, -0.1) is 0 Å². The Morgan fingerprint density at radius 2 is 1.77 bits per heavy atom. The number of pyridine rings is 1. The fraction of sp³-hybridized carbons (Fsp3) is 0.355. The number of fused-ring (bicyclic) bond motifs is 5. The van der Waals surface area contributed by atoms with Crippen molar-refractivity contribution in [1.29, 1.82) is 0 Å². The van der Waals surface area contributed by atoms with Crippen molar-refractivity contribution in [3.8, 4) is 11.1 Å². The van der Waals surface area contributed by atoms with Crippen molar-refractivity contribution in [1.82, 2.24) is 10.3 Å². The molecule has 1 amide bonds. The summed E-state index contributed by atoms with van der Waals surface area (Å²) < 4.78 is 6.40. The first-order valence-corrected chi connectivity index (χ1v) is 14.1. The summed E-state index contributed by atoms with van der Waals surface area (Å²) in [5.74, 6) is -1.72. The number of carbonyl (C=O) groups excluding carboxylic acids is 3. The lowest BCUT2D eigenvalue weighted by Crippen LogP contribution is -2.42. The summed E-state index contributed by atoms with van der Waals surface area (Å²) in [5, 5.41) is 14.3. The summed E-state index contributed by atoms with van der Waals surface area (Å²) >= 11 is 3.46. The monoisotopic (exact) mass is 588 g/mol. The minimum absolute atomic E-state index is 0.0969. The number of aliphatic hydroxyl groups is 1. The highest BCUT2D eigenvalue weighted by molar-refractivity contribution is 9.10. The molecule has 3 aromatic rings. The lowest BCUT2D eigenvalue weighted by Gasteiger charge is -2.28. The second-order valence-electron chi connectivity index (χ2n) is 11.0. The number of carbonyl (C=O) groups is 3. The molecule has 0 spiro atoms. The van der Waals surface area contributed by atoms with E-state index in [1.165, 1.54) is 0 Å². The summed E-state index contributed by atoms with van der Waals surface area (Å²) in [5.41, 5.74) is 3.22. The average Bonchev–Trinajstić information content (AvgIpc) is 3.62. The number of nitrogens with zero attached hydrogens (tertiary/aromatic N) is 1. The van der Waals surface area contributed by atoms with E-state index in [0.717, 1.165) is 46.0 Å². The van der Waals surface area contributed by atoms with Crippen molar-refractivity contribution in [3.63, 3.8) is 0 Å². The van der Waals surface area contributed by atoms with Crippen molar-refractivity contribution in [2.75, 3.05) is 6.61 Å². The second-order valence-corrected chi connectivity index (χ2v) is 11.9. The number of aromatic nitrogens is 1. The molecular weight excluding hydrogens is 560 g/mol. The lowest BCUT2D eigenvalue weighted by atomic mass is 9.78. The Kier molecular flexibility index (Phi) is 6.63. The maximum absolute atomic E-state index is 13.2. The Balaban J connectivity index is 1.13. The van der Waals surface area contributed by atoms with Gasteiger partial charge in [-0.1, -0.05) is 40.2 Å². The number of amides is 1. The predicted molar refractivity (Wildman–Crippen MR) is 147 cm³/mol. The number of rotatable bonds is 7. The highest BCUT2D eigenvalue weighted by Crippen LogP contribution is 2.53. The molecule has 0 saturated heterocycles. The molecule has 7 nitrogen and oxygen atoms in total. The molecule has 200 valence electrons. The van der Waals surface area contributed by atoms with Crippen LogP contribution in [0.1, 0.15) is 53.2 Å². The molecule has 2 aromatic carbocycles. The summed E-state index contributed by atoms with van der Waals surface area (Å²) in [6.07, 6.45) is 6.02. The normalized spacial score (nSPS) is 26.1. The SMILES string of the molecule is CC1(O)c2cc(Br)ccc2-c2ccc(C(=O)COC(=O)C3C4CCC(C4)C3C(=O)NCc3cccnc3)cc21. The van der Waals surface area contributed by atoms with Gasteiger partial charge in [-0.3, -0.25) is 19.4 Å². The number of hydrogen-bond acceptors (Lipinski definition) is 6. The van der Waals surface area contributed by atoms with Crippen LogP contribution in [-0.2, 0) is 26.5 Å². The molecule has 2 bridgehead atoms. The number of nitrogens with one attached hydrogen (secondary N) is 1. The van der Waals surface area contributed by atoms with Crippen molar-refractivity contribution >= 4 is 33.6 Å². The molecular formula is C31H29BrN2O5. The molecule has 2 fully saturated rings. The van der Waals surface area contributed by atoms with Gasteiger partial charge in [0, 0.05) is 29.0 Å². The third kappa shape index (κ3) is 4.59. The van der Waals surface area contributed by atoms with Crippen molar-refractivity contribution in [2.45, 2.75) is 38.3 Å². The molecule has 39 heavy (non-hydrogen) atoms. The highest BCUT2D eigenvalue weighted by Gasteiger charge is 2.54. The summed E-state index contributed by atoms with van der Waals surface area (Å²) in [7, 11) is 0. The van der Waals surface area contributed by atoms with Gasteiger partial charge in [0.05, 0.1) is 11.8 Å². The quantitative estimate of drug-likeness (QED) is 0.304. The topological polar surface area (TPSA) is 106 Å². The van der Waals surface area contributed by atoms with Gasteiger partial charge in [0.2, 0.25) is 5.91 Å². The third-order valence-electron chi connectivity index (χ3n) is 8.69. The predicted octanol–water partition coefficient (Wildman–Crippen LogP) is 4.78. The fourth-order valence-corrected chi connectivity index (χ4v) is 7.15. The average molecular weight is 589 g/mol. The van der Waals surface area contributed by atoms with Crippen LogP contribution in [0.15, 0.2) is 65.4 Å². The molecule has 2 N–H and O–H groups in total. The van der Waals surface area contributed by atoms with Crippen LogP contribution in [0, 0.1) is 23.7 Å². The minimum Gasteiger partial charge on any atom is -0.457 e. The number of hydrogen-bond donors (Lipinski definition) is 2. The molecule has 3 aliphatic rings. The van der Waals surface area contributed by atoms with E-state index in [1.807, 2.05) is 36.4 Å². The zero-order valence-electron chi connectivity index (χ0n) is 21.5. The fourth-order valence-electron chi connectivity index (χ4n) is 6.79. The molecule has 0 radical (unpaired) electrons. The minimum atomic E-state index is -1.25. The van der Waals surface area contributed by atoms with E-state index in [1.54, 1.807) is 31.5 Å². The van der Waals surface area contributed by atoms with Gasteiger partial charge in [-0.2, -0.15) is 0 Å². The van der Waals surface area contributed by atoms with Gasteiger partial charge in [0.25, 0.3) is 0 Å². The summed E-state index contributed by atoms with van der Waals surface area (Å²) in [6, 6.07) is 14.7. The van der Waals surface area contributed by atoms with Gasteiger partial charge < -0.3 is 15.2 Å². The van der Waals surface area contributed by atoms with Crippen LogP contribution in [0.2, 0.25) is 0 Å². The first-order valence-electron chi connectivity index (χ1n) is 13.3. The van der Waals surface area contributed by atoms with E-state index in [0.29, 0.717) is 17.7 Å². The Bertz CT molecular complexity index is 1470. The molecule has 1 aromatic heterocycles. The first-order chi connectivity index (χ1) is 18.7. The van der Waals surface area contributed by atoms with Crippen LogP contribution in [0.25, 0.3) is 11.1 Å². The molecule has 5 unspecified atom stereocenters. The smallest absolute Gasteiger partial charge is 0.310 e. The van der Waals surface area contributed by atoms with Crippen LogP contribution in [0.4, 0.5) is 0 Å². The van der Waals surface area contributed by atoms with Crippen LogP contribution in [0.3, 0.4) is 0 Å². The van der Waals surface area contributed by atoms with Gasteiger partial charge in [0.15, 0.2) is 12.4 Å². The van der Waals surface area contributed by atoms with Crippen molar-refractivity contribution < 1.29 is 24.2 Å². The van der Waals surface area contributed by atoms with Crippen LogP contribution in [0.5, 0.6) is 0 Å². The number of halogens is 1. The van der Waals surface area contributed by atoms with Crippen LogP contribution in [-0.4, -0.2) is 34.4 Å². The zero-order valence-corrected chi connectivity index (χ0v) is 23.1. The van der Waals surface area contributed by atoms with Gasteiger partial charge in [-0.05, 0) is 90.1 Å². The number of esters is 1. The highest BCUT2D eigenvalue weighted by atomic mass is 79.9. The number of Topliss-reactive ketones (excluding diaryl/α,β-unsaturated/α-hetero) is 1. The number of ketones is 1. The Hall–Kier alpha value is -3.36. The maximum Gasteiger partial charge on any atom is 0.310 e. The Morgan fingerprint density at radius 1 is 1.05 bits per heavy atom. The van der Waals surface area contributed by atoms with E-state index in [-0.39, 0.29) is 23.5 Å². The molecule has 3 aliphatic carbocycles. The van der Waals surface area contributed by atoms with E-state index in [9.17, 15) is 19.5 Å². The number of ether oxygens (including phenoxy) is 1. The lowest BCUT2D eigenvalue weighted by molar-refractivity contribution is -0.154. The van der Waals surface area contributed by atoms with E-state index in [2.05, 4.69) is 26.2 Å². The van der Waals surface area contributed by atoms with Gasteiger partial charge in [-0.25, -0.2) is 0 Å². The molecule has 0 aliphatic heterocycles. The van der Waals surface area contributed by atoms with Crippen molar-refractivity contribution in [3.05, 3.63) is 87.7 Å². The molecule has 6 rings (SSSR count). The van der Waals surface area contributed by atoms with Crippen molar-refractivity contribution in [2.24, 2.45) is 23.7 Å². The van der Waals surface area contributed by atoms with E-state index in [4.69, 9.17) is 4.74 Å². The number of benzene rings is 2. The Labute approximate surface area is 235 Å². The molecule has 5 atom stereocenters. The summed E-state index contributed by atoms with van der Waals surface area (Å²) in [6.45, 7) is 1.66. The maximum atomic E-state index is 13.2. The second kappa shape index (κ2) is 9.99. The van der Waals surface area contributed by atoms with E-state index >= 15 is 0 Å². The van der Waals surface area contributed by atoms with Gasteiger partial charge in [0.1, 0.15) is 5.60 Å². The standard InChI is InChI=1S/C31H29BrN2O5/c1-31(38)24-12-18(6-8-22(24)23-9-7-21(32)13-25(23)31)26(35)16-39-30(37)28-20-5-4-19(11-20)27(28)29(36)34-15-17-3-2-10-33-14-17/h2-3,6-10,12-14,19-20,27-28,38H,4-5,11,15-16H2,1H3,(H,34,36). The summed E-state index contributed by atoms with van der Waals surface area (Å²) in [4.78, 5) is 43.5. The third-order valence-corrected chi connectivity index (χ3v) is 9.18. The van der Waals surface area contributed by atoms with Crippen LogP contribution >= 0.6 is 15.9 Å². The van der Waals surface area contributed by atoms with Gasteiger partial charge >= 0.3 is 5.97 Å². The largest absolute Gasteiger partial charge is 0.457 e. The molecule has 1 heterocycles.